The van der Waals surface area contributed by atoms with E-state index in [-0.39, 0.29) is 5.82 Å². The summed E-state index contributed by atoms with van der Waals surface area (Å²) in [6.45, 7) is 11.1. The average molecular weight is 278 g/mol. The molecule has 1 aromatic carbocycles. The second-order valence-electron chi connectivity index (χ2n) is 7.94. The maximum Gasteiger partial charge on any atom is 0.128 e. The Morgan fingerprint density at radius 2 is 1.70 bits per heavy atom. The molecule has 1 fully saturated rings. The predicted molar refractivity (Wildman–Crippen MR) is 84.4 cm³/mol. The molecule has 0 atom stereocenters. The summed E-state index contributed by atoms with van der Waals surface area (Å²) < 4.78 is 13.5. The molecule has 20 heavy (non-hydrogen) atoms. The lowest BCUT2D eigenvalue weighted by molar-refractivity contribution is 0.105. The number of hydrogen-bond donors (Lipinski definition) is 2. The zero-order valence-electron chi connectivity index (χ0n) is 13.3. The van der Waals surface area contributed by atoms with Gasteiger partial charge in [0.05, 0.1) is 11.4 Å². The van der Waals surface area contributed by atoms with Crippen LogP contribution in [0, 0.1) is 23.6 Å². The van der Waals surface area contributed by atoms with Gasteiger partial charge in [-0.15, -0.1) is 0 Å². The fourth-order valence-corrected chi connectivity index (χ4v) is 3.99. The van der Waals surface area contributed by atoms with E-state index in [0.29, 0.717) is 28.1 Å². The van der Waals surface area contributed by atoms with Crippen LogP contribution in [-0.4, -0.2) is 6.04 Å². The van der Waals surface area contributed by atoms with E-state index < -0.39 is 0 Å². The van der Waals surface area contributed by atoms with Crippen LogP contribution in [0.3, 0.4) is 0 Å². The molecule has 0 heterocycles. The second-order valence-corrected chi connectivity index (χ2v) is 7.94. The maximum atomic E-state index is 13.5. The van der Waals surface area contributed by atoms with Crippen molar-refractivity contribution < 1.29 is 4.39 Å². The van der Waals surface area contributed by atoms with Crippen LogP contribution in [-0.2, 0) is 0 Å². The molecule has 112 valence electrons. The number of rotatable bonds is 2. The van der Waals surface area contributed by atoms with E-state index in [1.165, 1.54) is 12.5 Å². The summed E-state index contributed by atoms with van der Waals surface area (Å²) in [6.07, 6.45) is 3.47. The molecule has 1 saturated carbocycles. The Morgan fingerprint density at radius 3 is 2.25 bits per heavy atom. The summed E-state index contributed by atoms with van der Waals surface area (Å²) in [6, 6.07) is 3.62. The molecule has 0 spiro atoms. The molecule has 0 aromatic heterocycles. The first-order valence-electron chi connectivity index (χ1n) is 7.40. The quantitative estimate of drug-likeness (QED) is 0.767. The van der Waals surface area contributed by atoms with Gasteiger partial charge in [-0.05, 0) is 54.7 Å². The Morgan fingerprint density at radius 1 is 1.15 bits per heavy atom. The molecule has 3 heteroatoms. The Hall–Kier alpha value is -1.25. The highest BCUT2D eigenvalue weighted by Gasteiger charge is 2.38. The molecule has 0 bridgehead atoms. The van der Waals surface area contributed by atoms with E-state index in [9.17, 15) is 4.39 Å². The summed E-state index contributed by atoms with van der Waals surface area (Å²) in [5.41, 5.74) is 8.58. The van der Waals surface area contributed by atoms with Crippen LogP contribution in [0.1, 0.15) is 52.5 Å². The van der Waals surface area contributed by atoms with Crippen molar-refractivity contribution in [3.8, 4) is 0 Å². The third-order valence-electron chi connectivity index (χ3n) is 4.25. The molecule has 1 aromatic rings. The fourth-order valence-electron chi connectivity index (χ4n) is 3.99. The first-order valence-corrected chi connectivity index (χ1v) is 7.40. The summed E-state index contributed by atoms with van der Waals surface area (Å²) in [4.78, 5) is 0. The lowest BCUT2D eigenvalue weighted by Gasteiger charge is -2.45. The smallest absolute Gasteiger partial charge is 0.128 e. The van der Waals surface area contributed by atoms with Gasteiger partial charge in [-0.1, -0.05) is 27.7 Å². The first-order chi connectivity index (χ1) is 9.08. The molecule has 0 saturated heterocycles. The molecular weight excluding hydrogens is 251 g/mol. The molecule has 3 N–H and O–H groups in total. The van der Waals surface area contributed by atoms with E-state index in [0.717, 1.165) is 18.5 Å². The van der Waals surface area contributed by atoms with Gasteiger partial charge in [0, 0.05) is 6.04 Å². The second kappa shape index (κ2) is 4.94. The summed E-state index contributed by atoms with van der Waals surface area (Å²) >= 11 is 0. The largest absolute Gasteiger partial charge is 0.397 e. The zero-order chi connectivity index (χ0) is 15.1. The number of benzene rings is 1. The molecule has 1 aliphatic rings. The number of aryl methyl sites for hydroxylation is 1. The number of nitrogen functional groups attached to an aromatic ring is 1. The van der Waals surface area contributed by atoms with Gasteiger partial charge in [-0.3, -0.25) is 0 Å². The Bertz CT molecular complexity index is 490. The number of nitrogens with two attached hydrogens (primary N) is 1. The molecular formula is C17H27FN2. The van der Waals surface area contributed by atoms with Crippen molar-refractivity contribution in [2.24, 2.45) is 10.8 Å². The topological polar surface area (TPSA) is 38.0 Å². The normalized spacial score (nSPS) is 21.7. The molecule has 0 amide bonds. The minimum atomic E-state index is -0.239. The maximum absolute atomic E-state index is 13.5. The van der Waals surface area contributed by atoms with Crippen LogP contribution in [0.2, 0.25) is 0 Å². The van der Waals surface area contributed by atoms with Crippen molar-refractivity contribution in [2.45, 2.75) is 59.9 Å². The van der Waals surface area contributed by atoms with Crippen LogP contribution in [0.4, 0.5) is 15.8 Å². The summed E-state index contributed by atoms with van der Waals surface area (Å²) in [7, 11) is 0. The first kappa shape index (κ1) is 15.1. The van der Waals surface area contributed by atoms with Gasteiger partial charge < -0.3 is 11.1 Å². The Kier molecular flexibility index (Phi) is 3.74. The highest BCUT2D eigenvalue weighted by Crippen LogP contribution is 2.46. The van der Waals surface area contributed by atoms with E-state index in [2.05, 4.69) is 33.0 Å². The standard InChI is InChI=1S/C17H27FN2/c1-11-6-15(14(19)7-13(11)18)20-12-8-16(2,3)10-17(4,5)9-12/h6-7,12,20H,8-10,19H2,1-5H3. The van der Waals surface area contributed by atoms with E-state index in [4.69, 9.17) is 5.73 Å². The van der Waals surface area contributed by atoms with Crippen molar-refractivity contribution in [3.63, 3.8) is 0 Å². The molecule has 2 rings (SSSR count). The van der Waals surface area contributed by atoms with Crippen LogP contribution < -0.4 is 11.1 Å². The number of anilines is 2. The third-order valence-corrected chi connectivity index (χ3v) is 4.25. The number of nitrogens with one attached hydrogen (secondary N) is 1. The lowest BCUT2D eigenvalue weighted by Crippen LogP contribution is -2.40. The van der Waals surface area contributed by atoms with Gasteiger partial charge in [0.1, 0.15) is 5.82 Å². The van der Waals surface area contributed by atoms with Crippen molar-refractivity contribution in [2.75, 3.05) is 11.1 Å². The van der Waals surface area contributed by atoms with Gasteiger partial charge in [-0.25, -0.2) is 4.39 Å². The van der Waals surface area contributed by atoms with Gasteiger partial charge in [-0.2, -0.15) is 0 Å². The van der Waals surface area contributed by atoms with Gasteiger partial charge in [0.25, 0.3) is 0 Å². The van der Waals surface area contributed by atoms with Crippen molar-refractivity contribution in [3.05, 3.63) is 23.5 Å². The van der Waals surface area contributed by atoms with Gasteiger partial charge >= 0.3 is 0 Å². The predicted octanol–water partition coefficient (Wildman–Crippen LogP) is 4.73. The Balaban J connectivity index is 2.19. The van der Waals surface area contributed by atoms with Crippen molar-refractivity contribution in [1.82, 2.24) is 0 Å². The minimum absolute atomic E-state index is 0.239. The SMILES string of the molecule is Cc1cc(NC2CC(C)(C)CC(C)(C)C2)c(N)cc1F. The van der Waals surface area contributed by atoms with E-state index in [1.807, 2.05) is 6.07 Å². The van der Waals surface area contributed by atoms with Crippen LogP contribution in [0.5, 0.6) is 0 Å². The van der Waals surface area contributed by atoms with Crippen molar-refractivity contribution in [1.29, 1.82) is 0 Å². The molecule has 0 unspecified atom stereocenters. The lowest BCUT2D eigenvalue weighted by atomic mass is 9.63. The van der Waals surface area contributed by atoms with E-state index >= 15 is 0 Å². The minimum Gasteiger partial charge on any atom is -0.397 e. The Labute approximate surface area is 121 Å². The third kappa shape index (κ3) is 3.44. The zero-order valence-corrected chi connectivity index (χ0v) is 13.3. The van der Waals surface area contributed by atoms with Gasteiger partial charge in [0.2, 0.25) is 0 Å². The van der Waals surface area contributed by atoms with Crippen LogP contribution >= 0.6 is 0 Å². The highest BCUT2D eigenvalue weighted by atomic mass is 19.1. The van der Waals surface area contributed by atoms with Crippen molar-refractivity contribution >= 4 is 11.4 Å². The summed E-state index contributed by atoms with van der Waals surface area (Å²) in [5.74, 6) is -0.239. The molecule has 0 aliphatic heterocycles. The molecule has 1 aliphatic carbocycles. The van der Waals surface area contributed by atoms with E-state index in [1.54, 1.807) is 6.92 Å². The monoisotopic (exact) mass is 278 g/mol. The number of hydrogen-bond acceptors (Lipinski definition) is 2. The van der Waals surface area contributed by atoms with Crippen LogP contribution in [0.25, 0.3) is 0 Å². The highest BCUT2D eigenvalue weighted by molar-refractivity contribution is 5.67. The fraction of sp³-hybridized carbons (Fsp3) is 0.647. The van der Waals surface area contributed by atoms with Gasteiger partial charge in [0.15, 0.2) is 0 Å². The van der Waals surface area contributed by atoms with Crippen LogP contribution in [0.15, 0.2) is 12.1 Å². The average Bonchev–Trinajstić information content (AvgIpc) is 2.21. The summed E-state index contributed by atoms with van der Waals surface area (Å²) in [5, 5.41) is 3.54. The molecule has 0 radical (unpaired) electrons. The number of halogens is 1. The molecule has 2 nitrogen and oxygen atoms in total.